The fraction of sp³-hybridized carbons (Fsp3) is 0.125. The van der Waals surface area contributed by atoms with Gasteiger partial charge in [0.05, 0.1) is 11.3 Å². The molecule has 0 heterocycles. The van der Waals surface area contributed by atoms with Crippen molar-refractivity contribution in [1.29, 1.82) is 0 Å². The second-order valence-corrected chi connectivity index (χ2v) is 7.12. The average molecular weight is 499 g/mol. The summed E-state index contributed by atoms with van der Waals surface area (Å²) in [5.74, 6) is -0.571. The highest BCUT2D eigenvalue weighted by Gasteiger charge is 2.34. The minimum atomic E-state index is -4.55. The van der Waals surface area contributed by atoms with Crippen molar-refractivity contribution in [3.63, 3.8) is 0 Å². The van der Waals surface area contributed by atoms with Crippen molar-refractivity contribution in [2.45, 2.75) is 13.1 Å². The summed E-state index contributed by atoms with van der Waals surface area (Å²) in [6.07, 6.45) is -4.55. The van der Waals surface area contributed by atoms with E-state index in [9.17, 15) is 18.0 Å². The van der Waals surface area contributed by atoms with Crippen LogP contribution < -0.4 is 10.6 Å². The molecule has 0 saturated carbocycles. The molecule has 2 aromatic rings. The molecule has 2 rings (SSSR count). The summed E-state index contributed by atoms with van der Waals surface area (Å²) in [7, 11) is 0. The average Bonchev–Trinajstić information content (AvgIpc) is 2.50. The zero-order chi connectivity index (χ0) is 18.8. The highest BCUT2D eigenvalue weighted by atomic mass is 127. The van der Waals surface area contributed by atoms with Crippen LogP contribution in [0.3, 0.4) is 0 Å². The number of aryl methyl sites for hydroxylation is 1. The maximum Gasteiger partial charge on any atom is 0.418 e. The fourth-order valence-electron chi connectivity index (χ4n) is 1.92. The van der Waals surface area contributed by atoms with Crippen LogP contribution in [0.2, 0.25) is 5.02 Å². The molecule has 0 aromatic heterocycles. The molecule has 0 fully saturated rings. The maximum absolute atomic E-state index is 13.1. The molecule has 2 N–H and O–H groups in total. The van der Waals surface area contributed by atoms with Gasteiger partial charge in [0.15, 0.2) is 5.11 Å². The van der Waals surface area contributed by atoms with Crippen molar-refractivity contribution in [3.8, 4) is 0 Å². The van der Waals surface area contributed by atoms with Gasteiger partial charge in [0.2, 0.25) is 0 Å². The lowest BCUT2D eigenvalue weighted by atomic mass is 10.1. The molecule has 132 valence electrons. The van der Waals surface area contributed by atoms with Crippen molar-refractivity contribution in [1.82, 2.24) is 5.32 Å². The first-order chi connectivity index (χ1) is 11.6. The maximum atomic E-state index is 13.1. The summed E-state index contributed by atoms with van der Waals surface area (Å²) in [4.78, 5) is 12.1. The third-order valence-corrected chi connectivity index (χ3v) is 4.48. The largest absolute Gasteiger partial charge is 0.418 e. The SMILES string of the molecule is Cc1ccc(C(=O)NC(=S)Nc2ccc(I)cc2C(F)(F)F)cc1Cl. The van der Waals surface area contributed by atoms with E-state index in [1.165, 1.54) is 18.2 Å². The molecular weight excluding hydrogens is 488 g/mol. The fourth-order valence-corrected chi connectivity index (χ4v) is 2.80. The highest BCUT2D eigenvalue weighted by molar-refractivity contribution is 14.1. The van der Waals surface area contributed by atoms with Crippen molar-refractivity contribution in [3.05, 3.63) is 61.7 Å². The van der Waals surface area contributed by atoms with E-state index in [-0.39, 0.29) is 16.4 Å². The van der Waals surface area contributed by atoms with E-state index in [2.05, 4.69) is 10.6 Å². The van der Waals surface area contributed by atoms with Crippen LogP contribution in [0.25, 0.3) is 0 Å². The number of nitrogens with one attached hydrogen (secondary N) is 2. The number of carbonyl (C=O) groups is 1. The van der Waals surface area contributed by atoms with Crippen molar-refractivity contribution in [2.75, 3.05) is 5.32 Å². The zero-order valence-corrected chi connectivity index (χ0v) is 16.4. The zero-order valence-electron chi connectivity index (χ0n) is 12.7. The molecule has 0 radical (unpaired) electrons. The molecule has 0 atom stereocenters. The highest BCUT2D eigenvalue weighted by Crippen LogP contribution is 2.35. The molecule has 0 aliphatic heterocycles. The molecule has 0 bridgehead atoms. The summed E-state index contributed by atoms with van der Waals surface area (Å²) in [5, 5.41) is 4.92. The molecule has 0 aliphatic rings. The van der Waals surface area contributed by atoms with Crippen LogP contribution >= 0.6 is 46.4 Å². The lowest BCUT2D eigenvalue weighted by molar-refractivity contribution is -0.137. The Morgan fingerprint density at radius 3 is 2.48 bits per heavy atom. The van der Waals surface area contributed by atoms with E-state index >= 15 is 0 Å². The van der Waals surface area contributed by atoms with Crippen molar-refractivity contribution in [2.24, 2.45) is 0 Å². The van der Waals surface area contributed by atoms with Crippen LogP contribution in [-0.2, 0) is 6.18 Å². The van der Waals surface area contributed by atoms with Crippen molar-refractivity contribution >= 4 is 63.1 Å². The smallest absolute Gasteiger partial charge is 0.332 e. The van der Waals surface area contributed by atoms with Crippen LogP contribution in [0.15, 0.2) is 36.4 Å². The Bertz CT molecular complexity index is 843. The van der Waals surface area contributed by atoms with Gasteiger partial charge in [-0.3, -0.25) is 10.1 Å². The predicted octanol–water partition coefficient (Wildman–Crippen LogP) is 5.40. The number of alkyl halides is 3. The molecule has 0 spiro atoms. The lowest BCUT2D eigenvalue weighted by Crippen LogP contribution is -2.34. The van der Waals surface area contributed by atoms with E-state index in [4.69, 9.17) is 23.8 Å². The van der Waals surface area contributed by atoms with Gasteiger partial charge in [-0.1, -0.05) is 17.7 Å². The van der Waals surface area contributed by atoms with Crippen LogP contribution in [0, 0.1) is 10.5 Å². The number of rotatable bonds is 2. The number of hydrogen-bond acceptors (Lipinski definition) is 2. The molecular formula is C16H11ClF3IN2OS. The molecule has 0 unspecified atom stereocenters. The molecule has 0 saturated heterocycles. The number of hydrogen-bond donors (Lipinski definition) is 2. The number of anilines is 1. The molecule has 9 heteroatoms. The monoisotopic (exact) mass is 498 g/mol. The van der Waals surface area contributed by atoms with E-state index < -0.39 is 17.6 Å². The predicted molar refractivity (Wildman–Crippen MR) is 104 cm³/mol. The van der Waals surface area contributed by atoms with Gasteiger partial charge in [-0.05, 0) is 77.6 Å². The van der Waals surface area contributed by atoms with E-state index in [0.29, 0.717) is 8.59 Å². The first kappa shape index (κ1) is 19.9. The molecule has 25 heavy (non-hydrogen) atoms. The molecule has 0 aliphatic carbocycles. The molecule has 2 aromatic carbocycles. The number of halogens is 5. The summed E-state index contributed by atoms with van der Waals surface area (Å²) in [6, 6.07) is 8.42. The Morgan fingerprint density at radius 2 is 1.88 bits per heavy atom. The second kappa shape index (κ2) is 7.88. The number of thiocarbonyl (C=S) groups is 1. The Balaban J connectivity index is 2.15. The Hall–Kier alpha value is -1.39. The quantitative estimate of drug-likeness (QED) is 0.430. The first-order valence-corrected chi connectivity index (χ1v) is 8.69. The van der Waals surface area contributed by atoms with Crippen molar-refractivity contribution < 1.29 is 18.0 Å². The van der Waals surface area contributed by atoms with Gasteiger partial charge in [0.1, 0.15) is 0 Å². The lowest BCUT2D eigenvalue weighted by Gasteiger charge is -2.16. The summed E-state index contributed by atoms with van der Waals surface area (Å²) < 4.78 is 39.7. The van der Waals surface area contributed by atoms with Gasteiger partial charge in [-0.2, -0.15) is 13.2 Å². The Kier molecular flexibility index (Phi) is 6.28. The number of benzene rings is 2. The third-order valence-electron chi connectivity index (χ3n) is 3.20. The van der Waals surface area contributed by atoms with Gasteiger partial charge in [0.25, 0.3) is 5.91 Å². The van der Waals surface area contributed by atoms with Crippen LogP contribution in [0.4, 0.5) is 18.9 Å². The van der Waals surface area contributed by atoms with Gasteiger partial charge < -0.3 is 5.32 Å². The topological polar surface area (TPSA) is 41.1 Å². The van der Waals surface area contributed by atoms with Gasteiger partial charge in [0, 0.05) is 14.2 Å². The Labute approximate surface area is 166 Å². The van der Waals surface area contributed by atoms with Gasteiger partial charge >= 0.3 is 6.18 Å². The number of carbonyl (C=O) groups excluding carboxylic acids is 1. The van der Waals surface area contributed by atoms with E-state index in [1.54, 1.807) is 41.6 Å². The number of amides is 1. The standard InChI is InChI=1S/C16H11ClF3IN2OS/c1-8-2-3-9(6-12(8)17)14(24)23-15(25)22-13-5-4-10(21)7-11(13)16(18,19)20/h2-7H,1H3,(H2,22,23,24,25). The van der Waals surface area contributed by atoms with Crippen LogP contribution in [0.5, 0.6) is 0 Å². The Morgan fingerprint density at radius 1 is 1.20 bits per heavy atom. The summed E-state index contributed by atoms with van der Waals surface area (Å²) in [5.41, 5.74) is -0.0550. The minimum absolute atomic E-state index is 0.236. The molecule has 1 amide bonds. The summed E-state index contributed by atoms with van der Waals surface area (Å²) in [6.45, 7) is 1.78. The molecule has 3 nitrogen and oxygen atoms in total. The van der Waals surface area contributed by atoms with Gasteiger partial charge in [-0.25, -0.2) is 0 Å². The second-order valence-electron chi connectivity index (χ2n) is 5.06. The van der Waals surface area contributed by atoms with Gasteiger partial charge in [-0.15, -0.1) is 0 Å². The van der Waals surface area contributed by atoms with E-state index in [0.717, 1.165) is 11.6 Å². The third kappa shape index (κ3) is 5.29. The van der Waals surface area contributed by atoms with Crippen LogP contribution in [-0.4, -0.2) is 11.0 Å². The minimum Gasteiger partial charge on any atom is -0.332 e. The van der Waals surface area contributed by atoms with Crippen LogP contribution in [0.1, 0.15) is 21.5 Å². The first-order valence-electron chi connectivity index (χ1n) is 6.83. The normalized spacial score (nSPS) is 11.1. The van der Waals surface area contributed by atoms with E-state index in [1.807, 2.05) is 0 Å². The summed E-state index contributed by atoms with van der Waals surface area (Å²) >= 11 is 12.7.